The quantitative estimate of drug-likeness (QED) is 0.575. The Balaban J connectivity index is 2.22. The average Bonchev–Trinajstić information content (AvgIpc) is 2.72. The van der Waals surface area contributed by atoms with E-state index in [1.54, 1.807) is 17.1 Å². The van der Waals surface area contributed by atoms with Gasteiger partial charge in [0.1, 0.15) is 5.52 Å². The van der Waals surface area contributed by atoms with Crippen LogP contribution in [-0.4, -0.2) is 35.4 Å². The molecule has 0 aromatic carbocycles. The number of hydrogen-bond acceptors (Lipinski definition) is 6. The molecule has 0 saturated carbocycles. The summed E-state index contributed by atoms with van der Waals surface area (Å²) in [6.07, 6.45) is 3.25. The van der Waals surface area contributed by atoms with Gasteiger partial charge in [0, 0.05) is 12.6 Å². The standard InChI is InChI=1S/C9H7N7/c1-16-8-4-7(6-2-3-10-11-5-6)12-13-9(8)14-15-16/h2-5H,1H3. The Morgan fingerprint density at radius 2 is 2.06 bits per heavy atom. The first kappa shape index (κ1) is 8.84. The third kappa shape index (κ3) is 1.29. The normalized spacial score (nSPS) is 10.8. The number of rotatable bonds is 1. The highest BCUT2D eigenvalue weighted by Crippen LogP contribution is 2.17. The van der Waals surface area contributed by atoms with Crippen LogP contribution in [0.25, 0.3) is 22.4 Å². The van der Waals surface area contributed by atoms with Gasteiger partial charge in [0.15, 0.2) is 0 Å². The fraction of sp³-hybridized carbons (Fsp3) is 0.111. The van der Waals surface area contributed by atoms with E-state index in [1.807, 2.05) is 19.2 Å². The predicted octanol–water partition coefficient (Wildman–Crippen LogP) is 0.215. The molecule has 0 bridgehead atoms. The van der Waals surface area contributed by atoms with Crippen LogP contribution in [0.4, 0.5) is 0 Å². The highest BCUT2D eigenvalue weighted by atomic mass is 15.4. The van der Waals surface area contributed by atoms with Gasteiger partial charge in [-0.1, -0.05) is 5.21 Å². The molecule has 0 radical (unpaired) electrons. The Labute approximate surface area is 90.1 Å². The maximum atomic E-state index is 4.06. The molecular formula is C9H7N7. The van der Waals surface area contributed by atoms with Gasteiger partial charge in [-0.15, -0.1) is 15.3 Å². The molecule has 0 unspecified atom stereocenters. The van der Waals surface area contributed by atoms with Crippen LogP contribution < -0.4 is 0 Å². The minimum absolute atomic E-state index is 0.535. The zero-order valence-electron chi connectivity index (χ0n) is 8.44. The summed E-state index contributed by atoms with van der Waals surface area (Å²) in [5.41, 5.74) is 2.97. The number of hydrogen-bond donors (Lipinski definition) is 0. The van der Waals surface area contributed by atoms with E-state index in [0.29, 0.717) is 5.65 Å². The first-order valence-corrected chi connectivity index (χ1v) is 4.65. The second-order valence-electron chi connectivity index (χ2n) is 3.28. The Morgan fingerprint density at radius 1 is 1.12 bits per heavy atom. The van der Waals surface area contributed by atoms with Gasteiger partial charge in [-0.3, -0.25) is 0 Å². The Morgan fingerprint density at radius 3 is 2.88 bits per heavy atom. The number of aryl methyl sites for hydroxylation is 1. The molecule has 7 nitrogen and oxygen atoms in total. The third-order valence-corrected chi connectivity index (χ3v) is 2.26. The lowest BCUT2D eigenvalue weighted by atomic mass is 10.2. The molecule has 0 atom stereocenters. The van der Waals surface area contributed by atoms with Crippen molar-refractivity contribution in [3.05, 3.63) is 24.5 Å². The van der Waals surface area contributed by atoms with Gasteiger partial charge in [0.25, 0.3) is 0 Å². The minimum Gasteiger partial charge on any atom is -0.246 e. The van der Waals surface area contributed by atoms with Gasteiger partial charge in [-0.05, 0) is 12.1 Å². The highest BCUT2D eigenvalue weighted by molar-refractivity contribution is 5.74. The van der Waals surface area contributed by atoms with Crippen LogP contribution in [0.3, 0.4) is 0 Å². The van der Waals surface area contributed by atoms with Crippen molar-refractivity contribution in [3.8, 4) is 11.3 Å². The summed E-state index contributed by atoms with van der Waals surface area (Å²) in [6.45, 7) is 0. The second-order valence-corrected chi connectivity index (χ2v) is 3.28. The first-order valence-electron chi connectivity index (χ1n) is 4.65. The summed E-state index contributed by atoms with van der Waals surface area (Å²) >= 11 is 0. The van der Waals surface area contributed by atoms with E-state index in [4.69, 9.17) is 0 Å². The molecule has 3 aromatic rings. The molecule has 0 fully saturated rings. The molecule has 0 aliphatic heterocycles. The lowest BCUT2D eigenvalue weighted by molar-refractivity contribution is 0.736. The van der Waals surface area contributed by atoms with Gasteiger partial charge in [0.05, 0.1) is 18.1 Å². The number of aromatic nitrogens is 7. The Bertz CT molecular complexity index is 631. The van der Waals surface area contributed by atoms with Crippen LogP contribution in [0.1, 0.15) is 0 Å². The fourth-order valence-corrected chi connectivity index (χ4v) is 1.43. The summed E-state index contributed by atoms with van der Waals surface area (Å²) in [4.78, 5) is 0. The van der Waals surface area contributed by atoms with Crippen LogP contribution in [0, 0.1) is 0 Å². The smallest absolute Gasteiger partial charge is 0.223 e. The number of fused-ring (bicyclic) bond motifs is 1. The summed E-state index contributed by atoms with van der Waals surface area (Å²) in [7, 11) is 1.81. The van der Waals surface area contributed by atoms with Gasteiger partial charge >= 0.3 is 0 Å². The summed E-state index contributed by atoms with van der Waals surface area (Å²) in [5, 5.41) is 23.3. The van der Waals surface area contributed by atoms with E-state index in [1.165, 1.54) is 0 Å². The molecule has 16 heavy (non-hydrogen) atoms. The van der Waals surface area contributed by atoms with Crippen molar-refractivity contribution < 1.29 is 0 Å². The SMILES string of the molecule is Cn1nnc2nnc(-c3ccnnc3)cc21. The molecule has 0 saturated heterocycles. The van der Waals surface area contributed by atoms with Crippen molar-refractivity contribution in [2.45, 2.75) is 0 Å². The van der Waals surface area contributed by atoms with E-state index in [2.05, 4.69) is 30.7 Å². The van der Waals surface area contributed by atoms with Gasteiger partial charge in [-0.25, -0.2) is 4.68 Å². The van der Waals surface area contributed by atoms with Gasteiger partial charge < -0.3 is 0 Å². The summed E-state index contributed by atoms with van der Waals surface area (Å²) < 4.78 is 1.65. The first-order chi connectivity index (χ1) is 7.84. The zero-order valence-corrected chi connectivity index (χ0v) is 8.44. The predicted molar refractivity (Wildman–Crippen MR) is 55.1 cm³/mol. The van der Waals surface area contributed by atoms with Crippen LogP contribution in [0.2, 0.25) is 0 Å². The topological polar surface area (TPSA) is 82.3 Å². The Kier molecular flexibility index (Phi) is 1.82. The molecule has 78 valence electrons. The van der Waals surface area contributed by atoms with Crippen molar-refractivity contribution in [2.24, 2.45) is 7.05 Å². The highest BCUT2D eigenvalue weighted by Gasteiger charge is 2.06. The van der Waals surface area contributed by atoms with E-state index >= 15 is 0 Å². The lowest BCUT2D eigenvalue weighted by Gasteiger charge is -1.98. The molecular weight excluding hydrogens is 206 g/mol. The van der Waals surface area contributed by atoms with Crippen molar-refractivity contribution >= 4 is 11.2 Å². The second kappa shape index (κ2) is 3.30. The summed E-state index contributed by atoms with van der Waals surface area (Å²) in [5.74, 6) is 0. The van der Waals surface area contributed by atoms with E-state index in [9.17, 15) is 0 Å². The maximum absolute atomic E-state index is 4.06. The van der Waals surface area contributed by atoms with Crippen LogP contribution in [0.5, 0.6) is 0 Å². The minimum atomic E-state index is 0.535. The van der Waals surface area contributed by atoms with Crippen molar-refractivity contribution in [3.63, 3.8) is 0 Å². The average molecular weight is 213 g/mol. The van der Waals surface area contributed by atoms with Gasteiger partial charge in [0.2, 0.25) is 5.65 Å². The molecule has 0 spiro atoms. The molecule has 3 heterocycles. The molecule has 7 heteroatoms. The Hall–Kier alpha value is -2.44. The van der Waals surface area contributed by atoms with Crippen molar-refractivity contribution in [1.82, 2.24) is 35.4 Å². The van der Waals surface area contributed by atoms with Gasteiger partial charge in [-0.2, -0.15) is 10.2 Å². The van der Waals surface area contributed by atoms with E-state index < -0.39 is 0 Å². The molecule has 3 aromatic heterocycles. The molecule has 0 N–H and O–H groups in total. The third-order valence-electron chi connectivity index (χ3n) is 2.26. The molecule has 0 aliphatic carbocycles. The maximum Gasteiger partial charge on any atom is 0.223 e. The monoisotopic (exact) mass is 213 g/mol. The van der Waals surface area contributed by atoms with Crippen LogP contribution in [0.15, 0.2) is 24.5 Å². The number of nitrogens with zero attached hydrogens (tertiary/aromatic N) is 7. The molecule has 3 rings (SSSR count). The molecule has 0 amide bonds. The van der Waals surface area contributed by atoms with Crippen molar-refractivity contribution in [2.75, 3.05) is 0 Å². The summed E-state index contributed by atoms with van der Waals surface area (Å²) in [6, 6.07) is 3.70. The largest absolute Gasteiger partial charge is 0.246 e. The van der Waals surface area contributed by atoms with E-state index in [0.717, 1.165) is 16.8 Å². The lowest BCUT2D eigenvalue weighted by Crippen LogP contribution is -1.93. The molecule has 0 aliphatic rings. The zero-order chi connectivity index (χ0) is 11.0. The van der Waals surface area contributed by atoms with E-state index in [-0.39, 0.29) is 0 Å². The van der Waals surface area contributed by atoms with Crippen LogP contribution >= 0.6 is 0 Å². The fourth-order valence-electron chi connectivity index (χ4n) is 1.43. The van der Waals surface area contributed by atoms with Crippen molar-refractivity contribution in [1.29, 1.82) is 0 Å². The van der Waals surface area contributed by atoms with Crippen LogP contribution in [-0.2, 0) is 7.05 Å².